The number of fused-ring (bicyclic) bond motifs is 1. The van der Waals surface area contributed by atoms with Crippen LogP contribution in [0.4, 0.5) is 0 Å². The molecule has 120 valence electrons. The van der Waals surface area contributed by atoms with Gasteiger partial charge < -0.3 is 0 Å². The fourth-order valence-corrected chi connectivity index (χ4v) is 4.99. The molecule has 3 rings (SSSR count). The second-order valence-electron chi connectivity index (χ2n) is 5.07. The number of benzene rings is 1. The molecule has 2 aromatic heterocycles. The van der Waals surface area contributed by atoms with E-state index in [4.69, 9.17) is 0 Å². The van der Waals surface area contributed by atoms with Crippen LogP contribution in [-0.2, 0) is 19.7 Å². The van der Waals surface area contributed by atoms with Crippen LogP contribution in [0.5, 0.6) is 0 Å². The van der Waals surface area contributed by atoms with Crippen molar-refractivity contribution in [3.8, 4) is 11.1 Å². The summed E-state index contributed by atoms with van der Waals surface area (Å²) in [5.74, 6) is 0. The Balaban J connectivity index is 2.19. The van der Waals surface area contributed by atoms with E-state index in [2.05, 4.69) is 9.97 Å². The Morgan fingerprint density at radius 2 is 1.57 bits per heavy atom. The first-order valence-electron chi connectivity index (χ1n) is 6.40. The van der Waals surface area contributed by atoms with Gasteiger partial charge in [0.05, 0.1) is 15.1 Å². The molecule has 3 aromatic rings. The molecule has 1 aromatic carbocycles. The van der Waals surface area contributed by atoms with E-state index in [0.717, 1.165) is 23.6 Å². The summed E-state index contributed by atoms with van der Waals surface area (Å²) in [5.41, 5.74) is 2.05. The van der Waals surface area contributed by atoms with Crippen LogP contribution in [-0.4, -0.2) is 39.3 Å². The minimum atomic E-state index is -3.44. The molecule has 0 amide bonds. The van der Waals surface area contributed by atoms with Crippen molar-refractivity contribution in [3.63, 3.8) is 0 Å². The fourth-order valence-electron chi connectivity index (χ4n) is 2.18. The molecule has 0 atom stereocenters. The second-order valence-corrected chi connectivity index (χ2v) is 9.90. The minimum absolute atomic E-state index is 0.00602. The van der Waals surface area contributed by atoms with Crippen molar-refractivity contribution in [2.24, 2.45) is 0 Å². The number of rotatable bonds is 3. The van der Waals surface area contributed by atoms with Gasteiger partial charge in [-0.15, -0.1) is 11.3 Å². The van der Waals surface area contributed by atoms with Gasteiger partial charge in [0.1, 0.15) is 6.33 Å². The number of aromatic nitrogens is 2. The molecule has 2 heterocycles. The maximum absolute atomic E-state index is 11.8. The van der Waals surface area contributed by atoms with Crippen LogP contribution in [0.1, 0.15) is 0 Å². The Kier molecular flexibility index (Phi) is 3.74. The molecule has 0 spiro atoms. The van der Waals surface area contributed by atoms with Crippen LogP contribution in [0.2, 0.25) is 0 Å². The molecule has 0 aliphatic rings. The zero-order chi connectivity index (χ0) is 16.8. The molecule has 6 nitrogen and oxygen atoms in total. The zero-order valence-electron chi connectivity index (χ0n) is 12.2. The lowest BCUT2D eigenvalue weighted by molar-refractivity contribution is 0.598. The van der Waals surface area contributed by atoms with Crippen molar-refractivity contribution in [3.05, 3.63) is 36.0 Å². The summed E-state index contributed by atoms with van der Waals surface area (Å²) < 4.78 is 47.1. The molecule has 23 heavy (non-hydrogen) atoms. The summed E-state index contributed by atoms with van der Waals surface area (Å²) in [6.45, 7) is 0. The van der Waals surface area contributed by atoms with Crippen molar-refractivity contribution in [2.45, 2.75) is 9.92 Å². The predicted octanol–water partition coefficient (Wildman–Crippen LogP) is 2.17. The summed E-state index contributed by atoms with van der Waals surface area (Å²) in [6.07, 6.45) is 3.47. The summed E-state index contributed by atoms with van der Waals surface area (Å²) in [6, 6.07) is 6.40. The van der Waals surface area contributed by atoms with Gasteiger partial charge >= 0.3 is 0 Å². The highest BCUT2D eigenvalue weighted by Crippen LogP contribution is 2.35. The Bertz CT molecular complexity index is 1100. The molecule has 9 heteroatoms. The first-order chi connectivity index (χ1) is 10.7. The van der Waals surface area contributed by atoms with Gasteiger partial charge in [-0.1, -0.05) is 12.1 Å². The van der Waals surface area contributed by atoms with E-state index in [1.165, 1.54) is 29.8 Å². The van der Waals surface area contributed by atoms with Gasteiger partial charge in [-0.05, 0) is 17.7 Å². The van der Waals surface area contributed by atoms with Gasteiger partial charge in [0.25, 0.3) is 0 Å². The lowest BCUT2D eigenvalue weighted by Gasteiger charge is -2.03. The van der Waals surface area contributed by atoms with Gasteiger partial charge in [-0.25, -0.2) is 26.8 Å². The lowest BCUT2D eigenvalue weighted by atomic mass is 10.1. The number of sulfone groups is 2. The SMILES string of the molecule is CS(=O)(=O)c1ccc(-c2csc3c(S(C)(=O)=O)ncnc23)cc1. The largest absolute Gasteiger partial charge is 0.235 e. The van der Waals surface area contributed by atoms with E-state index in [9.17, 15) is 16.8 Å². The minimum Gasteiger partial charge on any atom is -0.235 e. The Labute approximate surface area is 137 Å². The van der Waals surface area contributed by atoms with Crippen molar-refractivity contribution < 1.29 is 16.8 Å². The van der Waals surface area contributed by atoms with Gasteiger partial charge in [0, 0.05) is 23.5 Å². The maximum atomic E-state index is 11.8. The highest BCUT2D eigenvalue weighted by atomic mass is 32.2. The Morgan fingerprint density at radius 1 is 0.913 bits per heavy atom. The predicted molar refractivity (Wildman–Crippen MR) is 89.1 cm³/mol. The fraction of sp³-hybridized carbons (Fsp3) is 0.143. The van der Waals surface area contributed by atoms with Crippen LogP contribution in [0, 0.1) is 0 Å². The van der Waals surface area contributed by atoms with Gasteiger partial charge in [-0.2, -0.15) is 0 Å². The van der Waals surface area contributed by atoms with Crippen molar-refractivity contribution in [1.82, 2.24) is 9.97 Å². The highest BCUT2D eigenvalue weighted by Gasteiger charge is 2.18. The summed E-state index contributed by atoms with van der Waals surface area (Å²) >= 11 is 1.25. The first-order valence-corrected chi connectivity index (χ1v) is 11.1. The van der Waals surface area contributed by atoms with Crippen LogP contribution in [0.15, 0.2) is 45.9 Å². The van der Waals surface area contributed by atoms with Gasteiger partial charge in [-0.3, -0.25) is 0 Å². The molecule has 0 fully saturated rings. The molecular weight excluding hydrogens is 356 g/mol. The van der Waals surface area contributed by atoms with E-state index in [0.29, 0.717) is 10.2 Å². The third-order valence-electron chi connectivity index (χ3n) is 3.27. The van der Waals surface area contributed by atoms with Crippen LogP contribution in [0.3, 0.4) is 0 Å². The summed E-state index contributed by atoms with van der Waals surface area (Å²) in [7, 11) is -6.70. The van der Waals surface area contributed by atoms with Crippen molar-refractivity contribution in [2.75, 3.05) is 12.5 Å². The molecule has 0 bridgehead atoms. The average Bonchev–Trinajstić information content (AvgIpc) is 2.89. The molecule has 0 saturated heterocycles. The van der Waals surface area contributed by atoms with Crippen LogP contribution < -0.4 is 0 Å². The van der Waals surface area contributed by atoms with E-state index in [-0.39, 0.29) is 9.92 Å². The molecule has 0 aliphatic carbocycles. The van der Waals surface area contributed by atoms with Gasteiger partial charge in [0.2, 0.25) is 0 Å². The number of nitrogens with zero attached hydrogens (tertiary/aromatic N) is 2. The second kappa shape index (κ2) is 5.36. The average molecular weight is 368 g/mol. The molecule has 0 unspecified atom stereocenters. The third kappa shape index (κ3) is 2.99. The van der Waals surface area contributed by atoms with E-state index in [1.54, 1.807) is 17.5 Å². The molecular formula is C14H12N2O4S3. The molecule has 0 aliphatic heterocycles. The Morgan fingerprint density at radius 3 is 2.13 bits per heavy atom. The maximum Gasteiger partial charge on any atom is 0.194 e. The van der Waals surface area contributed by atoms with Crippen LogP contribution in [0.25, 0.3) is 21.3 Å². The standard InChI is InChI=1S/C14H12N2O4S3/c1-22(17,18)10-5-3-9(4-6-10)11-7-21-13-12(11)15-8-16-14(13)23(2,19)20/h3-8H,1-2H3. The highest BCUT2D eigenvalue weighted by molar-refractivity contribution is 7.91. The third-order valence-corrected chi connectivity index (χ3v) is 6.51. The quantitative estimate of drug-likeness (QED) is 0.658. The normalized spacial score (nSPS) is 12.6. The molecule has 0 N–H and O–H groups in total. The van der Waals surface area contributed by atoms with E-state index < -0.39 is 19.7 Å². The molecule has 0 radical (unpaired) electrons. The smallest absolute Gasteiger partial charge is 0.194 e. The number of thiophene rings is 1. The zero-order valence-corrected chi connectivity index (χ0v) is 14.7. The van der Waals surface area contributed by atoms with E-state index in [1.807, 2.05) is 0 Å². The lowest BCUT2D eigenvalue weighted by Crippen LogP contribution is -2.01. The van der Waals surface area contributed by atoms with Crippen molar-refractivity contribution in [1.29, 1.82) is 0 Å². The number of hydrogen-bond donors (Lipinski definition) is 0. The van der Waals surface area contributed by atoms with E-state index >= 15 is 0 Å². The first kappa shape index (κ1) is 16.0. The Hall–Kier alpha value is -1.84. The van der Waals surface area contributed by atoms with Gasteiger partial charge in [0.15, 0.2) is 24.7 Å². The summed E-state index contributed by atoms with van der Waals surface area (Å²) in [4.78, 5) is 8.27. The van der Waals surface area contributed by atoms with Crippen LogP contribution >= 0.6 is 11.3 Å². The monoisotopic (exact) mass is 368 g/mol. The van der Waals surface area contributed by atoms with Crippen molar-refractivity contribution >= 4 is 41.2 Å². The summed E-state index contributed by atoms with van der Waals surface area (Å²) in [5, 5.41) is 1.80. The topological polar surface area (TPSA) is 94.1 Å². The molecule has 0 saturated carbocycles. The number of hydrogen-bond acceptors (Lipinski definition) is 7.